The number of hydrazone groups is 1. The summed E-state index contributed by atoms with van der Waals surface area (Å²) < 4.78 is 6.45. The molecule has 0 N–H and O–H groups in total. The number of ether oxygens (including phenoxy) is 1. The largest absolute Gasteiger partial charge is 0.462 e. The summed E-state index contributed by atoms with van der Waals surface area (Å²) in [4.78, 5) is 10.7. The summed E-state index contributed by atoms with van der Waals surface area (Å²) in [6.07, 6.45) is 0.771. The second-order valence-electron chi connectivity index (χ2n) is 7.40. The van der Waals surface area contributed by atoms with Crippen LogP contribution in [0.1, 0.15) is 36.1 Å². The van der Waals surface area contributed by atoms with E-state index in [2.05, 4.69) is 18.2 Å². The van der Waals surface area contributed by atoms with Crippen LogP contribution in [0.15, 0.2) is 84.0 Å². The van der Waals surface area contributed by atoms with E-state index in [1.54, 1.807) is 12.1 Å². The first-order valence-corrected chi connectivity index (χ1v) is 9.51. The lowest BCUT2D eigenvalue weighted by atomic mass is 9.92. The van der Waals surface area contributed by atoms with Gasteiger partial charge in [-0.15, -0.1) is 0 Å². The van der Waals surface area contributed by atoms with Gasteiger partial charge in [0.25, 0.3) is 5.69 Å². The van der Waals surface area contributed by atoms with E-state index in [4.69, 9.17) is 9.84 Å². The Morgan fingerprint density at radius 3 is 2.45 bits per heavy atom. The molecule has 2 heterocycles. The highest BCUT2D eigenvalue weighted by Crippen LogP contribution is 2.50. The average molecular weight is 385 g/mol. The standard InChI is InChI=1S/C23H19N3O3/c1-23(17-11-13-18(14-12-17)26(27)28)25-21(19-9-5-6-10-22(19)29-23)15-20(24-25)16-7-3-2-4-8-16/h2-14,21H,15H2,1H3/t21-,23-/m0/s1. The van der Waals surface area contributed by atoms with Crippen molar-refractivity contribution in [2.75, 3.05) is 0 Å². The van der Waals surface area contributed by atoms with Crippen molar-refractivity contribution in [2.24, 2.45) is 5.10 Å². The molecular formula is C23H19N3O3. The van der Waals surface area contributed by atoms with E-state index in [0.29, 0.717) is 0 Å². The monoisotopic (exact) mass is 385 g/mol. The van der Waals surface area contributed by atoms with Crippen LogP contribution in [0.5, 0.6) is 5.75 Å². The Labute approximate surface area is 168 Å². The summed E-state index contributed by atoms with van der Waals surface area (Å²) >= 11 is 0. The van der Waals surface area contributed by atoms with E-state index in [1.807, 2.05) is 48.3 Å². The first-order valence-electron chi connectivity index (χ1n) is 9.51. The van der Waals surface area contributed by atoms with E-state index >= 15 is 0 Å². The number of para-hydroxylation sites is 1. The van der Waals surface area contributed by atoms with E-state index in [1.165, 1.54) is 12.1 Å². The predicted octanol–water partition coefficient (Wildman–Crippen LogP) is 5.01. The van der Waals surface area contributed by atoms with Gasteiger partial charge in [-0.3, -0.25) is 10.1 Å². The molecule has 0 saturated heterocycles. The van der Waals surface area contributed by atoms with Crippen LogP contribution < -0.4 is 4.74 Å². The van der Waals surface area contributed by atoms with Crippen LogP contribution in [0.3, 0.4) is 0 Å². The molecule has 3 aromatic rings. The SMILES string of the molecule is C[C@@]1(c2ccc([N+](=O)[O-])cc2)Oc2ccccc2[C@@H]2CC(c3ccccc3)=NN21. The Hall–Kier alpha value is -3.67. The molecule has 2 aliphatic heterocycles. The Morgan fingerprint density at radius 1 is 1.03 bits per heavy atom. The van der Waals surface area contributed by atoms with Gasteiger partial charge in [0.15, 0.2) is 0 Å². The van der Waals surface area contributed by atoms with Gasteiger partial charge in [-0.25, -0.2) is 5.01 Å². The fourth-order valence-electron chi connectivity index (χ4n) is 4.14. The molecule has 0 aliphatic carbocycles. The molecule has 2 atom stereocenters. The first-order chi connectivity index (χ1) is 14.1. The quantitative estimate of drug-likeness (QED) is 0.469. The fourth-order valence-corrected chi connectivity index (χ4v) is 4.14. The van der Waals surface area contributed by atoms with Gasteiger partial charge in [0.05, 0.1) is 16.7 Å². The predicted molar refractivity (Wildman–Crippen MR) is 110 cm³/mol. The molecule has 0 fully saturated rings. The summed E-state index contributed by atoms with van der Waals surface area (Å²) in [5.41, 5.74) is 3.20. The highest BCUT2D eigenvalue weighted by atomic mass is 16.6. The van der Waals surface area contributed by atoms with Gasteiger partial charge in [0.2, 0.25) is 5.72 Å². The van der Waals surface area contributed by atoms with E-state index < -0.39 is 10.6 Å². The molecule has 29 heavy (non-hydrogen) atoms. The summed E-state index contributed by atoms with van der Waals surface area (Å²) in [5, 5.41) is 18.0. The van der Waals surface area contributed by atoms with Crippen LogP contribution in [0.4, 0.5) is 5.69 Å². The van der Waals surface area contributed by atoms with Gasteiger partial charge >= 0.3 is 0 Å². The molecule has 6 heteroatoms. The second kappa shape index (κ2) is 6.44. The van der Waals surface area contributed by atoms with Crippen molar-refractivity contribution >= 4 is 11.4 Å². The third kappa shape index (κ3) is 2.76. The van der Waals surface area contributed by atoms with Crippen LogP contribution in [0.2, 0.25) is 0 Å². The minimum atomic E-state index is -0.870. The molecule has 0 aromatic heterocycles. The lowest BCUT2D eigenvalue weighted by Crippen LogP contribution is -2.48. The minimum Gasteiger partial charge on any atom is -0.462 e. The number of hydrogen-bond acceptors (Lipinski definition) is 5. The summed E-state index contributed by atoms with van der Waals surface area (Å²) in [5.74, 6) is 0.819. The summed E-state index contributed by atoms with van der Waals surface area (Å²) in [6, 6.07) is 24.7. The molecular weight excluding hydrogens is 366 g/mol. The maximum Gasteiger partial charge on any atom is 0.269 e. The molecule has 6 nitrogen and oxygen atoms in total. The van der Waals surface area contributed by atoms with Gasteiger partial charge in [0.1, 0.15) is 5.75 Å². The lowest BCUT2D eigenvalue weighted by Gasteiger charge is -2.45. The molecule has 0 unspecified atom stereocenters. The minimum absolute atomic E-state index is 0.0374. The van der Waals surface area contributed by atoms with E-state index in [9.17, 15) is 10.1 Å². The lowest BCUT2D eigenvalue weighted by molar-refractivity contribution is -0.384. The Balaban J connectivity index is 1.63. The van der Waals surface area contributed by atoms with Crippen molar-refractivity contribution < 1.29 is 9.66 Å². The molecule has 0 amide bonds. The van der Waals surface area contributed by atoms with Crippen LogP contribution in [0.25, 0.3) is 0 Å². The maximum absolute atomic E-state index is 11.1. The van der Waals surface area contributed by atoms with Crippen LogP contribution in [-0.4, -0.2) is 15.6 Å². The number of fused-ring (bicyclic) bond motifs is 3. The third-order valence-electron chi connectivity index (χ3n) is 5.66. The van der Waals surface area contributed by atoms with Gasteiger partial charge in [-0.1, -0.05) is 48.5 Å². The van der Waals surface area contributed by atoms with Crippen LogP contribution >= 0.6 is 0 Å². The van der Waals surface area contributed by atoms with E-state index in [-0.39, 0.29) is 11.7 Å². The van der Waals surface area contributed by atoms with Gasteiger partial charge in [-0.2, -0.15) is 5.10 Å². The number of nitro benzene ring substituents is 1. The highest BCUT2D eigenvalue weighted by Gasteiger charge is 2.48. The summed E-state index contributed by atoms with van der Waals surface area (Å²) in [7, 11) is 0. The molecule has 0 saturated carbocycles. The average Bonchev–Trinajstić information content (AvgIpc) is 3.21. The van der Waals surface area contributed by atoms with Crippen molar-refractivity contribution in [1.82, 2.24) is 5.01 Å². The molecule has 0 radical (unpaired) electrons. The topological polar surface area (TPSA) is 68.0 Å². The van der Waals surface area contributed by atoms with Crippen molar-refractivity contribution in [2.45, 2.75) is 25.1 Å². The highest BCUT2D eigenvalue weighted by molar-refractivity contribution is 6.01. The van der Waals surface area contributed by atoms with Crippen molar-refractivity contribution in [3.63, 3.8) is 0 Å². The Kier molecular flexibility index (Phi) is 3.87. The number of hydrogen-bond donors (Lipinski definition) is 0. The van der Waals surface area contributed by atoms with Crippen LogP contribution in [0, 0.1) is 10.1 Å². The molecule has 0 bridgehead atoms. The number of nitrogens with zero attached hydrogens (tertiary/aromatic N) is 3. The number of rotatable bonds is 3. The summed E-state index contributed by atoms with van der Waals surface area (Å²) in [6.45, 7) is 1.97. The Morgan fingerprint density at radius 2 is 1.72 bits per heavy atom. The van der Waals surface area contributed by atoms with Crippen LogP contribution in [-0.2, 0) is 5.72 Å². The zero-order valence-electron chi connectivity index (χ0n) is 15.9. The number of benzene rings is 3. The van der Waals surface area contributed by atoms with Crippen molar-refractivity contribution in [3.8, 4) is 5.75 Å². The maximum atomic E-state index is 11.1. The Bertz CT molecular complexity index is 1110. The normalized spacial score (nSPS) is 22.3. The number of nitro groups is 1. The first kappa shape index (κ1) is 17.4. The number of non-ortho nitro benzene ring substituents is 1. The zero-order chi connectivity index (χ0) is 20.0. The zero-order valence-corrected chi connectivity index (χ0v) is 15.9. The fraction of sp³-hybridized carbons (Fsp3) is 0.174. The molecule has 5 rings (SSSR count). The molecule has 0 spiro atoms. The van der Waals surface area contributed by atoms with Crippen molar-refractivity contribution in [1.29, 1.82) is 0 Å². The molecule has 3 aromatic carbocycles. The second-order valence-corrected chi connectivity index (χ2v) is 7.40. The van der Waals surface area contributed by atoms with Gasteiger partial charge in [-0.05, 0) is 23.8 Å². The van der Waals surface area contributed by atoms with Gasteiger partial charge in [0, 0.05) is 36.6 Å². The molecule has 2 aliphatic rings. The van der Waals surface area contributed by atoms with Crippen molar-refractivity contribution in [3.05, 3.63) is 106 Å². The molecule has 144 valence electrons. The van der Waals surface area contributed by atoms with Gasteiger partial charge < -0.3 is 4.74 Å². The third-order valence-corrected chi connectivity index (χ3v) is 5.66. The smallest absolute Gasteiger partial charge is 0.269 e. The van der Waals surface area contributed by atoms with E-state index in [0.717, 1.165) is 34.6 Å².